The van der Waals surface area contributed by atoms with Gasteiger partial charge in [0, 0.05) is 10.0 Å². The SMILES string of the molecule is Cc1c(O)cc(C(C(=O)O)C(C)C)cc1Br. The Morgan fingerprint density at radius 2 is 1.94 bits per heavy atom. The van der Waals surface area contributed by atoms with E-state index in [1.54, 1.807) is 13.0 Å². The first-order valence-electron chi connectivity index (χ1n) is 5.06. The molecule has 0 bridgehead atoms. The van der Waals surface area contributed by atoms with Crippen LogP contribution in [0.15, 0.2) is 16.6 Å². The molecule has 0 radical (unpaired) electrons. The molecule has 0 heterocycles. The zero-order valence-electron chi connectivity index (χ0n) is 9.49. The molecule has 88 valence electrons. The lowest BCUT2D eigenvalue weighted by Gasteiger charge is -2.18. The third kappa shape index (κ3) is 2.55. The van der Waals surface area contributed by atoms with E-state index in [2.05, 4.69) is 15.9 Å². The van der Waals surface area contributed by atoms with Gasteiger partial charge >= 0.3 is 5.97 Å². The van der Waals surface area contributed by atoms with Crippen molar-refractivity contribution in [3.63, 3.8) is 0 Å². The molecule has 0 fully saturated rings. The van der Waals surface area contributed by atoms with Crippen molar-refractivity contribution in [1.29, 1.82) is 0 Å². The molecule has 0 saturated carbocycles. The van der Waals surface area contributed by atoms with Crippen LogP contribution in [0.2, 0.25) is 0 Å². The van der Waals surface area contributed by atoms with Gasteiger partial charge in [0.05, 0.1) is 5.92 Å². The third-order valence-electron chi connectivity index (χ3n) is 2.63. The number of rotatable bonds is 3. The van der Waals surface area contributed by atoms with E-state index in [0.717, 1.165) is 10.0 Å². The maximum atomic E-state index is 11.2. The zero-order chi connectivity index (χ0) is 12.5. The lowest BCUT2D eigenvalue weighted by Crippen LogP contribution is -2.17. The number of phenols is 1. The lowest BCUT2D eigenvalue weighted by atomic mass is 9.88. The van der Waals surface area contributed by atoms with Gasteiger partial charge < -0.3 is 10.2 Å². The van der Waals surface area contributed by atoms with E-state index in [1.165, 1.54) is 6.07 Å². The Labute approximate surface area is 103 Å². The number of phenolic OH excluding ortho intramolecular Hbond substituents is 1. The fraction of sp³-hybridized carbons (Fsp3) is 0.417. The number of aromatic hydroxyl groups is 1. The molecule has 0 aliphatic heterocycles. The standard InChI is InChI=1S/C12H15BrO3/c1-6(2)11(12(15)16)8-4-9(13)7(3)10(14)5-8/h4-6,11,14H,1-3H3,(H,15,16). The summed E-state index contributed by atoms with van der Waals surface area (Å²) >= 11 is 3.31. The van der Waals surface area contributed by atoms with Crippen molar-refractivity contribution in [2.45, 2.75) is 26.7 Å². The van der Waals surface area contributed by atoms with Crippen molar-refractivity contribution in [1.82, 2.24) is 0 Å². The second-order valence-electron chi connectivity index (χ2n) is 4.21. The normalized spacial score (nSPS) is 12.8. The molecule has 4 heteroatoms. The molecular formula is C12H15BrO3. The average molecular weight is 287 g/mol. The molecule has 3 nitrogen and oxygen atoms in total. The third-order valence-corrected chi connectivity index (χ3v) is 3.45. The summed E-state index contributed by atoms with van der Waals surface area (Å²) in [6.07, 6.45) is 0. The number of carboxylic acids is 1. The van der Waals surface area contributed by atoms with Gasteiger partial charge in [-0.1, -0.05) is 29.8 Å². The van der Waals surface area contributed by atoms with E-state index in [1.807, 2.05) is 13.8 Å². The highest BCUT2D eigenvalue weighted by Gasteiger charge is 2.24. The number of halogens is 1. The summed E-state index contributed by atoms with van der Waals surface area (Å²) in [6.45, 7) is 5.47. The largest absolute Gasteiger partial charge is 0.508 e. The van der Waals surface area contributed by atoms with E-state index in [-0.39, 0.29) is 11.7 Å². The Bertz CT molecular complexity index is 390. The van der Waals surface area contributed by atoms with Gasteiger partial charge in [-0.05, 0) is 30.5 Å². The Hall–Kier alpha value is -1.03. The van der Waals surface area contributed by atoms with Crippen LogP contribution in [0.25, 0.3) is 0 Å². The minimum absolute atomic E-state index is 0.0218. The van der Waals surface area contributed by atoms with Gasteiger partial charge in [0.1, 0.15) is 5.75 Å². The van der Waals surface area contributed by atoms with Crippen molar-refractivity contribution >= 4 is 21.9 Å². The van der Waals surface area contributed by atoms with Crippen LogP contribution in [0.4, 0.5) is 0 Å². The molecule has 0 saturated heterocycles. The Balaban J connectivity index is 3.26. The molecule has 1 unspecified atom stereocenters. The van der Waals surface area contributed by atoms with Gasteiger partial charge in [-0.2, -0.15) is 0 Å². The lowest BCUT2D eigenvalue weighted by molar-refractivity contribution is -0.139. The van der Waals surface area contributed by atoms with Crippen molar-refractivity contribution < 1.29 is 15.0 Å². The fourth-order valence-corrected chi connectivity index (χ4v) is 2.14. The summed E-state index contributed by atoms with van der Waals surface area (Å²) in [6, 6.07) is 3.28. The molecule has 0 amide bonds. The molecule has 1 atom stereocenters. The van der Waals surface area contributed by atoms with Gasteiger partial charge in [0.25, 0.3) is 0 Å². The number of hydrogen-bond acceptors (Lipinski definition) is 2. The van der Waals surface area contributed by atoms with Crippen molar-refractivity contribution in [2.24, 2.45) is 5.92 Å². The van der Waals surface area contributed by atoms with Crippen LogP contribution in [0.3, 0.4) is 0 Å². The van der Waals surface area contributed by atoms with Crippen LogP contribution in [0.1, 0.15) is 30.9 Å². The molecule has 1 aromatic carbocycles. The molecule has 0 aliphatic carbocycles. The highest BCUT2D eigenvalue weighted by atomic mass is 79.9. The summed E-state index contributed by atoms with van der Waals surface area (Å²) in [5.41, 5.74) is 1.34. The monoisotopic (exact) mass is 286 g/mol. The number of carboxylic acid groups (broad SMARTS) is 1. The molecule has 0 aromatic heterocycles. The molecule has 1 aromatic rings. The quantitative estimate of drug-likeness (QED) is 0.896. The van der Waals surface area contributed by atoms with Crippen LogP contribution in [-0.2, 0) is 4.79 Å². The average Bonchev–Trinajstić information content (AvgIpc) is 2.12. The summed E-state index contributed by atoms with van der Waals surface area (Å²) < 4.78 is 0.731. The van der Waals surface area contributed by atoms with Gasteiger partial charge in [0.2, 0.25) is 0 Å². The topological polar surface area (TPSA) is 57.5 Å². The van der Waals surface area contributed by atoms with Gasteiger partial charge in [-0.15, -0.1) is 0 Å². The first-order valence-corrected chi connectivity index (χ1v) is 5.85. The van der Waals surface area contributed by atoms with E-state index >= 15 is 0 Å². The number of benzene rings is 1. The predicted molar refractivity (Wildman–Crippen MR) is 65.8 cm³/mol. The summed E-state index contributed by atoms with van der Waals surface area (Å²) in [5, 5.41) is 18.8. The second-order valence-corrected chi connectivity index (χ2v) is 5.06. The van der Waals surface area contributed by atoms with Crippen LogP contribution in [0.5, 0.6) is 5.75 Å². The molecule has 0 spiro atoms. The Morgan fingerprint density at radius 3 is 2.31 bits per heavy atom. The molecule has 0 aliphatic rings. The minimum Gasteiger partial charge on any atom is -0.508 e. The maximum absolute atomic E-state index is 11.2. The van der Waals surface area contributed by atoms with Crippen molar-refractivity contribution in [2.75, 3.05) is 0 Å². The van der Waals surface area contributed by atoms with Crippen LogP contribution >= 0.6 is 15.9 Å². The second kappa shape index (κ2) is 4.87. The van der Waals surface area contributed by atoms with E-state index < -0.39 is 11.9 Å². The number of carbonyl (C=O) groups is 1. The highest BCUT2D eigenvalue weighted by molar-refractivity contribution is 9.10. The fourth-order valence-electron chi connectivity index (χ4n) is 1.68. The smallest absolute Gasteiger partial charge is 0.311 e. The first kappa shape index (κ1) is 13.0. The predicted octanol–water partition coefficient (Wildman–Crippen LogP) is 3.29. The molecule has 1 rings (SSSR count). The summed E-state index contributed by atoms with van der Waals surface area (Å²) in [4.78, 5) is 11.2. The van der Waals surface area contributed by atoms with Gasteiger partial charge in [-0.25, -0.2) is 0 Å². The van der Waals surface area contributed by atoms with Crippen molar-refractivity contribution in [3.8, 4) is 5.75 Å². The van der Waals surface area contributed by atoms with Crippen LogP contribution in [0, 0.1) is 12.8 Å². The van der Waals surface area contributed by atoms with Crippen LogP contribution in [-0.4, -0.2) is 16.2 Å². The highest BCUT2D eigenvalue weighted by Crippen LogP contribution is 2.33. The number of hydrogen-bond donors (Lipinski definition) is 2. The minimum atomic E-state index is -0.870. The van der Waals surface area contributed by atoms with E-state index in [4.69, 9.17) is 5.11 Å². The summed E-state index contributed by atoms with van der Waals surface area (Å²) in [7, 11) is 0. The number of aliphatic carboxylic acids is 1. The maximum Gasteiger partial charge on any atom is 0.311 e. The summed E-state index contributed by atoms with van der Waals surface area (Å²) in [5.74, 6) is -1.37. The molecule has 16 heavy (non-hydrogen) atoms. The van der Waals surface area contributed by atoms with Crippen LogP contribution < -0.4 is 0 Å². The zero-order valence-corrected chi connectivity index (χ0v) is 11.1. The van der Waals surface area contributed by atoms with Gasteiger partial charge in [-0.3, -0.25) is 4.79 Å². The van der Waals surface area contributed by atoms with E-state index in [9.17, 15) is 9.90 Å². The van der Waals surface area contributed by atoms with Gasteiger partial charge in [0.15, 0.2) is 0 Å². The van der Waals surface area contributed by atoms with E-state index in [0.29, 0.717) is 5.56 Å². The Morgan fingerprint density at radius 1 is 1.38 bits per heavy atom. The molecular weight excluding hydrogens is 272 g/mol. The molecule has 2 N–H and O–H groups in total. The first-order chi connectivity index (χ1) is 7.34. The Kier molecular flexibility index (Phi) is 3.97. The van der Waals surface area contributed by atoms with Crippen molar-refractivity contribution in [3.05, 3.63) is 27.7 Å².